The number of ether oxygens (including phenoxy) is 1. The lowest BCUT2D eigenvalue weighted by atomic mass is 10.2. The zero-order valence-corrected chi connectivity index (χ0v) is 19.0. The molecule has 0 fully saturated rings. The zero-order valence-electron chi connectivity index (χ0n) is 18.2. The van der Waals surface area contributed by atoms with Crippen molar-refractivity contribution < 1.29 is 4.74 Å². The number of nitrogens with zero attached hydrogens (tertiary/aromatic N) is 6. The van der Waals surface area contributed by atoms with E-state index in [0.29, 0.717) is 13.1 Å². The molecule has 0 aliphatic heterocycles. The third kappa shape index (κ3) is 5.79. The van der Waals surface area contributed by atoms with Crippen molar-refractivity contribution in [1.29, 1.82) is 0 Å². The standard InChI is InChI=1S/C21H29N7OS/c1-15-12-22-20(30-15)10-11-27(3)21(24-14-19-26-25-16(2)28(19)4)23-13-17-6-8-18(29-5)9-7-17/h6-9,12H,10-11,13-14H2,1-5H3,(H,23,24). The molecule has 3 rings (SSSR count). The summed E-state index contributed by atoms with van der Waals surface area (Å²) in [5.41, 5.74) is 1.12. The van der Waals surface area contributed by atoms with Crippen molar-refractivity contribution in [1.82, 2.24) is 30.0 Å². The number of benzene rings is 1. The maximum atomic E-state index is 5.23. The number of hydrogen-bond acceptors (Lipinski definition) is 6. The van der Waals surface area contributed by atoms with E-state index in [-0.39, 0.29) is 0 Å². The quantitative estimate of drug-likeness (QED) is 0.440. The van der Waals surface area contributed by atoms with Crippen molar-refractivity contribution in [3.63, 3.8) is 0 Å². The van der Waals surface area contributed by atoms with Gasteiger partial charge in [-0.2, -0.15) is 0 Å². The molecule has 1 N–H and O–H groups in total. The lowest BCUT2D eigenvalue weighted by Gasteiger charge is -2.22. The molecule has 30 heavy (non-hydrogen) atoms. The van der Waals surface area contributed by atoms with Gasteiger partial charge in [-0.25, -0.2) is 9.98 Å². The largest absolute Gasteiger partial charge is 0.497 e. The van der Waals surface area contributed by atoms with Crippen LogP contribution in [0.1, 0.15) is 27.1 Å². The predicted molar refractivity (Wildman–Crippen MR) is 120 cm³/mol. The van der Waals surface area contributed by atoms with Crippen LogP contribution in [-0.2, 0) is 26.6 Å². The van der Waals surface area contributed by atoms with Gasteiger partial charge < -0.3 is 19.5 Å². The number of aromatic nitrogens is 4. The Bertz CT molecular complexity index is 978. The van der Waals surface area contributed by atoms with E-state index in [1.54, 1.807) is 18.4 Å². The number of likely N-dealkylation sites (N-methyl/N-ethyl adjacent to an activating group) is 1. The van der Waals surface area contributed by atoms with Gasteiger partial charge in [-0.3, -0.25) is 0 Å². The number of nitrogens with one attached hydrogen (secondary N) is 1. The van der Waals surface area contributed by atoms with Crippen LogP contribution in [0.4, 0.5) is 0 Å². The third-order valence-corrected chi connectivity index (χ3v) is 5.82. The number of aliphatic imine (C=N–C) groups is 1. The first-order chi connectivity index (χ1) is 14.5. The average molecular weight is 428 g/mol. The van der Waals surface area contributed by atoms with Crippen LogP contribution in [0.25, 0.3) is 0 Å². The summed E-state index contributed by atoms with van der Waals surface area (Å²) >= 11 is 1.74. The normalized spacial score (nSPS) is 11.6. The topological polar surface area (TPSA) is 80.5 Å². The van der Waals surface area contributed by atoms with E-state index >= 15 is 0 Å². The van der Waals surface area contributed by atoms with Gasteiger partial charge in [0, 0.05) is 38.1 Å². The van der Waals surface area contributed by atoms with E-state index in [1.165, 1.54) is 4.88 Å². The highest BCUT2D eigenvalue weighted by molar-refractivity contribution is 7.11. The predicted octanol–water partition coefficient (Wildman–Crippen LogP) is 2.72. The van der Waals surface area contributed by atoms with E-state index in [4.69, 9.17) is 9.73 Å². The second kappa shape index (κ2) is 10.2. The molecule has 160 valence electrons. The van der Waals surface area contributed by atoms with E-state index in [0.717, 1.165) is 46.9 Å². The minimum Gasteiger partial charge on any atom is -0.497 e. The number of hydrogen-bond donors (Lipinski definition) is 1. The zero-order chi connectivity index (χ0) is 21.5. The fraction of sp³-hybridized carbons (Fsp3) is 0.429. The Labute approximate surface area is 181 Å². The Morgan fingerprint density at radius 1 is 1.23 bits per heavy atom. The SMILES string of the molecule is COc1ccc(CN=C(NCc2nnc(C)n2C)N(C)CCc2ncc(C)s2)cc1. The second-order valence-corrected chi connectivity index (χ2v) is 8.42. The minimum absolute atomic E-state index is 0.555. The van der Waals surface area contributed by atoms with Crippen LogP contribution in [0.3, 0.4) is 0 Å². The number of aryl methyl sites for hydroxylation is 2. The molecule has 1 aromatic carbocycles. The van der Waals surface area contributed by atoms with E-state index in [9.17, 15) is 0 Å². The van der Waals surface area contributed by atoms with Crippen LogP contribution in [0.5, 0.6) is 5.75 Å². The molecule has 3 aromatic rings. The molecule has 0 saturated carbocycles. The molecular formula is C21H29N7OS. The number of methoxy groups -OCH3 is 1. The summed E-state index contributed by atoms with van der Waals surface area (Å²) in [7, 11) is 5.68. The molecule has 9 heteroatoms. The summed E-state index contributed by atoms with van der Waals surface area (Å²) in [5, 5.41) is 12.9. The summed E-state index contributed by atoms with van der Waals surface area (Å²) in [6.45, 7) is 5.97. The fourth-order valence-corrected chi connectivity index (χ4v) is 3.63. The second-order valence-electron chi connectivity index (χ2n) is 7.10. The average Bonchev–Trinajstić information content (AvgIpc) is 3.32. The van der Waals surface area contributed by atoms with Gasteiger partial charge in [-0.15, -0.1) is 21.5 Å². The maximum Gasteiger partial charge on any atom is 0.194 e. The molecule has 0 aliphatic carbocycles. The van der Waals surface area contributed by atoms with Gasteiger partial charge in [0.15, 0.2) is 11.8 Å². The fourth-order valence-electron chi connectivity index (χ4n) is 2.86. The smallest absolute Gasteiger partial charge is 0.194 e. The van der Waals surface area contributed by atoms with E-state index in [1.807, 2.05) is 56.0 Å². The van der Waals surface area contributed by atoms with E-state index in [2.05, 4.69) is 32.3 Å². The van der Waals surface area contributed by atoms with Gasteiger partial charge in [-0.1, -0.05) is 12.1 Å². The highest BCUT2D eigenvalue weighted by atomic mass is 32.1. The van der Waals surface area contributed by atoms with Crippen molar-refractivity contribution in [3.8, 4) is 5.75 Å². The minimum atomic E-state index is 0.555. The van der Waals surface area contributed by atoms with Gasteiger partial charge >= 0.3 is 0 Å². The number of rotatable bonds is 8. The Morgan fingerprint density at radius 3 is 2.60 bits per heavy atom. The molecule has 0 atom stereocenters. The first-order valence-electron chi connectivity index (χ1n) is 9.85. The Balaban J connectivity index is 1.69. The van der Waals surface area contributed by atoms with Crippen molar-refractivity contribution in [2.45, 2.75) is 33.4 Å². The first-order valence-corrected chi connectivity index (χ1v) is 10.7. The van der Waals surface area contributed by atoms with Crippen LogP contribution in [0.2, 0.25) is 0 Å². The summed E-state index contributed by atoms with van der Waals surface area (Å²) in [5.74, 6) is 3.42. The Morgan fingerprint density at radius 2 is 2.00 bits per heavy atom. The summed E-state index contributed by atoms with van der Waals surface area (Å²) in [6, 6.07) is 7.97. The van der Waals surface area contributed by atoms with Crippen molar-refractivity contribution in [2.24, 2.45) is 12.0 Å². The Hall–Kier alpha value is -2.94. The molecular weight excluding hydrogens is 398 g/mol. The van der Waals surface area contributed by atoms with Gasteiger partial charge in [0.25, 0.3) is 0 Å². The Kier molecular flexibility index (Phi) is 7.40. The van der Waals surface area contributed by atoms with Crippen molar-refractivity contribution >= 4 is 17.3 Å². The van der Waals surface area contributed by atoms with Crippen LogP contribution < -0.4 is 10.1 Å². The van der Waals surface area contributed by atoms with Crippen molar-refractivity contribution in [3.05, 3.63) is 57.6 Å². The number of guanidine groups is 1. The molecule has 8 nitrogen and oxygen atoms in total. The lowest BCUT2D eigenvalue weighted by molar-refractivity contribution is 0.414. The summed E-state index contributed by atoms with van der Waals surface area (Å²) in [6.07, 6.45) is 2.80. The monoisotopic (exact) mass is 427 g/mol. The molecule has 0 aliphatic rings. The molecule has 0 amide bonds. The molecule has 2 aromatic heterocycles. The van der Waals surface area contributed by atoms with Crippen LogP contribution in [-0.4, -0.2) is 51.3 Å². The first kappa shape index (κ1) is 21.8. The van der Waals surface area contributed by atoms with Crippen LogP contribution in [0.15, 0.2) is 35.5 Å². The lowest BCUT2D eigenvalue weighted by Crippen LogP contribution is -2.40. The highest BCUT2D eigenvalue weighted by Crippen LogP contribution is 2.13. The van der Waals surface area contributed by atoms with Gasteiger partial charge in [0.2, 0.25) is 0 Å². The van der Waals surface area contributed by atoms with Crippen molar-refractivity contribution in [2.75, 3.05) is 20.7 Å². The third-order valence-electron chi connectivity index (χ3n) is 4.85. The molecule has 0 radical (unpaired) electrons. The number of thiazole rings is 1. The summed E-state index contributed by atoms with van der Waals surface area (Å²) < 4.78 is 7.21. The summed E-state index contributed by atoms with van der Waals surface area (Å²) in [4.78, 5) is 12.7. The molecule has 0 saturated heterocycles. The van der Waals surface area contributed by atoms with Gasteiger partial charge in [0.05, 0.1) is 25.2 Å². The van der Waals surface area contributed by atoms with Gasteiger partial charge in [0.1, 0.15) is 11.6 Å². The highest BCUT2D eigenvalue weighted by Gasteiger charge is 2.11. The van der Waals surface area contributed by atoms with E-state index < -0.39 is 0 Å². The van der Waals surface area contributed by atoms with Crippen LogP contribution >= 0.6 is 11.3 Å². The molecule has 0 spiro atoms. The maximum absolute atomic E-state index is 5.23. The molecule has 0 bridgehead atoms. The van der Waals surface area contributed by atoms with Crippen LogP contribution in [0, 0.1) is 13.8 Å². The molecule has 2 heterocycles. The van der Waals surface area contributed by atoms with Gasteiger partial charge in [-0.05, 0) is 31.5 Å². The molecule has 0 unspecified atom stereocenters.